The minimum absolute atomic E-state index is 0.753. The summed E-state index contributed by atoms with van der Waals surface area (Å²) in [5.74, 6) is 1.56. The summed E-state index contributed by atoms with van der Waals surface area (Å²) in [4.78, 5) is 8.84. The van der Waals surface area contributed by atoms with Crippen molar-refractivity contribution in [3.63, 3.8) is 0 Å². The molecule has 0 radical (unpaired) electrons. The van der Waals surface area contributed by atoms with Gasteiger partial charge in [-0.2, -0.15) is 10.1 Å². The van der Waals surface area contributed by atoms with Crippen molar-refractivity contribution in [2.75, 3.05) is 0 Å². The minimum atomic E-state index is 0.753. The Morgan fingerprint density at radius 2 is 1.95 bits per heavy atom. The van der Waals surface area contributed by atoms with E-state index in [2.05, 4.69) is 28.9 Å². The highest BCUT2D eigenvalue weighted by Gasteiger charge is 2.19. The number of fused-ring (bicyclic) bond motifs is 1. The Bertz CT molecular complexity index is 579. The van der Waals surface area contributed by atoms with E-state index in [1.807, 2.05) is 4.52 Å². The van der Waals surface area contributed by atoms with Crippen LogP contribution >= 0.6 is 0 Å². The van der Waals surface area contributed by atoms with Crippen LogP contribution in [0.15, 0.2) is 6.33 Å². The normalized spacial score (nSPS) is 17.5. The van der Waals surface area contributed by atoms with Crippen LogP contribution in [-0.2, 0) is 12.8 Å². The van der Waals surface area contributed by atoms with Crippen molar-refractivity contribution in [2.45, 2.75) is 65.2 Å². The number of nitrogens with zero attached hydrogens (tertiary/aromatic N) is 4. The van der Waals surface area contributed by atoms with Gasteiger partial charge in [0, 0.05) is 5.69 Å². The largest absolute Gasteiger partial charge is 0.252 e. The average molecular weight is 272 g/mol. The molecule has 2 aromatic heterocycles. The summed E-state index contributed by atoms with van der Waals surface area (Å²) < 4.78 is 1.97. The second kappa shape index (κ2) is 5.90. The Balaban J connectivity index is 1.97. The number of rotatable bonds is 3. The fourth-order valence-electron chi connectivity index (χ4n) is 3.57. The summed E-state index contributed by atoms with van der Waals surface area (Å²) in [7, 11) is 0. The zero-order valence-electron chi connectivity index (χ0n) is 12.6. The Labute approximate surface area is 120 Å². The molecule has 0 saturated heterocycles. The molecule has 20 heavy (non-hydrogen) atoms. The van der Waals surface area contributed by atoms with Crippen LogP contribution in [0.3, 0.4) is 0 Å². The van der Waals surface area contributed by atoms with Gasteiger partial charge in [-0.3, -0.25) is 0 Å². The van der Waals surface area contributed by atoms with Crippen molar-refractivity contribution in [1.82, 2.24) is 19.6 Å². The van der Waals surface area contributed by atoms with Crippen LogP contribution in [0.25, 0.3) is 5.78 Å². The van der Waals surface area contributed by atoms with Crippen LogP contribution in [0.1, 0.15) is 62.4 Å². The summed E-state index contributed by atoms with van der Waals surface area (Å²) in [6.07, 6.45) is 12.1. The number of hydrogen-bond donors (Lipinski definition) is 0. The van der Waals surface area contributed by atoms with Crippen LogP contribution in [0.2, 0.25) is 0 Å². The van der Waals surface area contributed by atoms with Gasteiger partial charge in [-0.1, -0.05) is 45.4 Å². The first-order valence-electron chi connectivity index (χ1n) is 7.97. The molecule has 1 saturated carbocycles. The van der Waals surface area contributed by atoms with E-state index in [-0.39, 0.29) is 0 Å². The predicted octanol–water partition coefficient (Wildman–Crippen LogP) is 3.51. The van der Waals surface area contributed by atoms with Gasteiger partial charge in [0.1, 0.15) is 6.33 Å². The zero-order valence-corrected chi connectivity index (χ0v) is 12.6. The SMILES string of the molecule is CCc1c(C)nc2ncnn2c1CC1CCCCCC1. The molecule has 108 valence electrons. The average Bonchev–Trinajstić information content (AvgIpc) is 2.75. The van der Waals surface area contributed by atoms with E-state index < -0.39 is 0 Å². The molecular formula is C16H24N4. The Hall–Kier alpha value is -1.45. The fourth-order valence-corrected chi connectivity index (χ4v) is 3.57. The van der Waals surface area contributed by atoms with E-state index >= 15 is 0 Å². The first-order valence-corrected chi connectivity index (χ1v) is 7.97. The molecule has 4 heteroatoms. The zero-order chi connectivity index (χ0) is 13.9. The van der Waals surface area contributed by atoms with Crippen molar-refractivity contribution in [2.24, 2.45) is 5.92 Å². The molecule has 4 nitrogen and oxygen atoms in total. The van der Waals surface area contributed by atoms with Gasteiger partial charge in [0.15, 0.2) is 0 Å². The summed E-state index contributed by atoms with van der Waals surface area (Å²) in [5.41, 5.74) is 3.84. The lowest BCUT2D eigenvalue weighted by molar-refractivity contribution is 0.447. The van der Waals surface area contributed by atoms with Crippen molar-refractivity contribution >= 4 is 5.78 Å². The molecule has 0 N–H and O–H groups in total. The van der Waals surface area contributed by atoms with Crippen molar-refractivity contribution in [3.8, 4) is 0 Å². The van der Waals surface area contributed by atoms with Crippen molar-refractivity contribution in [1.29, 1.82) is 0 Å². The Morgan fingerprint density at radius 1 is 1.20 bits per heavy atom. The molecule has 0 unspecified atom stereocenters. The lowest BCUT2D eigenvalue weighted by atomic mass is 9.92. The molecule has 3 rings (SSSR count). The van der Waals surface area contributed by atoms with Gasteiger partial charge in [0.05, 0.1) is 5.69 Å². The molecule has 0 atom stereocenters. The predicted molar refractivity (Wildman–Crippen MR) is 79.8 cm³/mol. The van der Waals surface area contributed by atoms with Gasteiger partial charge >= 0.3 is 0 Å². The molecule has 1 aliphatic rings. The fraction of sp³-hybridized carbons (Fsp3) is 0.688. The highest BCUT2D eigenvalue weighted by atomic mass is 15.3. The Kier molecular flexibility index (Phi) is 3.99. The molecular weight excluding hydrogens is 248 g/mol. The number of hydrogen-bond acceptors (Lipinski definition) is 3. The van der Waals surface area contributed by atoms with Crippen molar-refractivity contribution < 1.29 is 0 Å². The number of aromatic nitrogens is 4. The third-order valence-corrected chi connectivity index (χ3v) is 4.65. The molecule has 0 aliphatic heterocycles. The lowest BCUT2D eigenvalue weighted by Gasteiger charge is -2.18. The van der Waals surface area contributed by atoms with Gasteiger partial charge in [0.2, 0.25) is 0 Å². The van der Waals surface area contributed by atoms with Gasteiger partial charge in [-0.05, 0) is 31.2 Å². The van der Waals surface area contributed by atoms with Crippen LogP contribution in [0.5, 0.6) is 0 Å². The molecule has 0 bridgehead atoms. The molecule has 1 fully saturated rings. The van der Waals surface area contributed by atoms with Gasteiger partial charge in [-0.15, -0.1) is 0 Å². The van der Waals surface area contributed by atoms with E-state index in [0.29, 0.717) is 0 Å². The maximum atomic E-state index is 4.57. The molecule has 2 heterocycles. The molecule has 2 aromatic rings. The van der Waals surface area contributed by atoms with Gasteiger partial charge < -0.3 is 0 Å². The molecule has 0 spiro atoms. The minimum Gasteiger partial charge on any atom is -0.216 e. The van der Waals surface area contributed by atoms with E-state index in [1.54, 1.807) is 6.33 Å². The standard InChI is InChI=1S/C16H24N4/c1-3-14-12(2)19-16-17-11-18-20(16)15(14)10-13-8-6-4-5-7-9-13/h11,13H,3-10H2,1-2H3. The van der Waals surface area contributed by atoms with E-state index in [4.69, 9.17) is 0 Å². The molecule has 0 aromatic carbocycles. The first kappa shape index (κ1) is 13.5. The monoisotopic (exact) mass is 272 g/mol. The third-order valence-electron chi connectivity index (χ3n) is 4.65. The summed E-state index contributed by atoms with van der Waals surface area (Å²) >= 11 is 0. The van der Waals surface area contributed by atoms with Crippen molar-refractivity contribution in [3.05, 3.63) is 23.3 Å². The van der Waals surface area contributed by atoms with E-state index in [9.17, 15) is 0 Å². The van der Waals surface area contributed by atoms with E-state index in [1.165, 1.54) is 49.8 Å². The topological polar surface area (TPSA) is 43.1 Å². The highest BCUT2D eigenvalue weighted by molar-refractivity contribution is 5.36. The molecule has 0 amide bonds. The van der Waals surface area contributed by atoms with Crippen LogP contribution in [0, 0.1) is 12.8 Å². The van der Waals surface area contributed by atoms with E-state index in [0.717, 1.165) is 30.2 Å². The summed E-state index contributed by atoms with van der Waals surface area (Å²) in [6, 6.07) is 0. The third kappa shape index (κ3) is 2.56. The van der Waals surface area contributed by atoms with Gasteiger partial charge in [0.25, 0.3) is 5.78 Å². The van der Waals surface area contributed by atoms with Crippen LogP contribution < -0.4 is 0 Å². The van der Waals surface area contributed by atoms with Gasteiger partial charge in [-0.25, -0.2) is 9.50 Å². The van der Waals surface area contributed by atoms with Crippen LogP contribution in [0.4, 0.5) is 0 Å². The maximum absolute atomic E-state index is 4.57. The highest BCUT2D eigenvalue weighted by Crippen LogP contribution is 2.27. The summed E-state index contributed by atoms with van der Waals surface area (Å²) in [6.45, 7) is 4.31. The quantitative estimate of drug-likeness (QED) is 0.803. The second-order valence-electron chi connectivity index (χ2n) is 6.01. The molecule has 1 aliphatic carbocycles. The lowest BCUT2D eigenvalue weighted by Crippen LogP contribution is -2.13. The Morgan fingerprint density at radius 3 is 2.65 bits per heavy atom. The first-order chi connectivity index (χ1) is 9.79. The number of aryl methyl sites for hydroxylation is 1. The maximum Gasteiger partial charge on any atom is 0.252 e. The summed E-state index contributed by atoms with van der Waals surface area (Å²) in [5, 5.41) is 4.40. The second-order valence-corrected chi connectivity index (χ2v) is 6.01. The smallest absolute Gasteiger partial charge is 0.216 e. The van der Waals surface area contributed by atoms with Crippen LogP contribution in [-0.4, -0.2) is 19.6 Å².